The van der Waals surface area contributed by atoms with Gasteiger partial charge in [0.2, 0.25) is 0 Å². The molecule has 106 valence electrons. The van der Waals surface area contributed by atoms with E-state index < -0.39 is 0 Å². The Bertz CT molecular complexity index is 576. The van der Waals surface area contributed by atoms with E-state index in [9.17, 15) is 0 Å². The van der Waals surface area contributed by atoms with Gasteiger partial charge in [0.25, 0.3) is 0 Å². The second kappa shape index (κ2) is 6.62. The van der Waals surface area contributed by atoms with Crippen molar-refractivity contribution >= 4 is 0 Å². The number of rotatable bonds is 5. The van der Waals surface area contributed by atoms with Crippen LogP contribution in [0, 0.1) is 6.92 Å². The molecule has 0 aliphatic rings. The summed E-state index contributed by atoms with van der Waals surface area (Å²) >= 11 is 0. The normalized spacial score (nSPS) is 11.1. The third-order valence-electron chi connectivity index (χ3n) is 3.51. The van der Waals surface area contributed by atoms with Crippen LogP contribution < -0.4 is 5.32 Å². The molecule has 3 nitrogen and oxygen atoms in total. The predicted molar refractivity (Wildman–Crippen MR) is 83.9 cm³/mol. The molecule has 1 aromatic heterocycles. The molecule has 20 heavy (non-hydrogen) atoms. The van der Waals surface area contributed by atoms with Gasteiger partial charge in [-0.1, -0.05) is 26.0 Å². The highest BCUT2D eigenvalue weighted by Gasteiger charge is 2.08. The summed E-state index contributed by atoms with van der Waals surface area (Å²) in [7, 11) is 1.94. The molecule has 1 N–H and O–H groups in total. The van der Waals surface area contributed by atoms with Crippen LogP contribution in [-0.4, -0.2) is 23.6 Å². The first kappa shape index (κ1) is 14.7. The first-order valence-corrected chi connectivity index (χ1v) is 7.19. The molecule has 0 bridgehead atoms. The van der Waals surface area contributed by atoms with Gasteiger partial charge in [-0.2, -0.15) is 0 Å². The van der Waals surface area contributed by atoms with Crippen molar-refractivity contribution in [3.8, 4) is 11.3 Å². The number of aromatic nitrogens is 2. The SMILES string of the molecule is CNCCc1nccc(-c2cc(C(C)C)ccc2C)n1. The van der Waals surface area contributed by atoms with Crippen LogP contribution in [0.2, 0.25) is 0 Å². The van der Waals surface area contributed by atoms with Gasteiger partial charge in [0.1, 0.15) is 5.82 Å². The summed E-state index contributed by atoms with van der Waals surface area (Å²) in [6.45, 7) is 7.46. The zero-order valence-electron chi connectivity index (χ0n) is 12.8. The van der Waals surface area contributed by atoms with E-state index in [1.165, 1.54) is 16.7 Å². The lowest BCUT2D eigenvalue weighted by molar-refractivity contribution is 0.756. The molecule has 0 spiro atoms. The summed E-state index contributed by atoms with van der Waals surface area (Å²) in [6, 6.07) is 8.63. The number of nitrogens with one attached hydrogen (secondary N) is 1. The molecule has 0 radical (unpaired) electrons. The zero-order chi connectivity index (χ0) is 14.5. The van der Waals surface area contributed by atoms with E-state index in [1.807, 2.05) is 19.3 Å². The largest absolute Gasteiger partial charge is 0.319 e. The molecule has 2 rings (SSSR count). The first-order valence-electron chi connectivity index (χ1n) is 7.19. The molecule has 0 saturated heterocycles. The predicted octanol–water partition coefficient (Wildman–Crippen LogP) is 3.34. The van der Waals surface area contributed by atoms with Gasteiger partial charge in [-0.25, -0.2) is 9.97 Å². The van der Waals surface area contributed by atoms with Gasteiger partial charge >= 0.3 is 0 Å². The maximum atomic E-state index is 4.69. The van der Waals surface area contributed by atoms with Crippen molar-refractivity contribution in [2.75, 3.05) is 13.6 Å². The van der Waals surface area contributed by atoms with Crippen LogP contribution in [0.5, 0.6) is 0 Å². The number of nitrogens with zero attached hydrogens (tertiary/aromatic N) is 2. The van der Waals surface area contributed by atoms with Gasteiger partial charge in [0, 0.05) is 24.7 Å². The Labute approximate surface area is 121 Å². The highest BCUT2D eigenvalue weighted by atomic mass is 14.9. The van der Waals surface area contributed by atoms with Crippen molar-refractivity contribution in [2.45, 2.75) is 33.1 Å². The zero-order valence-corrected chi connectivity index (χ0v) is 12.8. The molecule has 1 aromatic carbocycles. The summed E-state index contributed by atoms with van der Waals surface area (Å²) in [4.78, 5) is 9.03. The topological polar surface area (TPSA) is 37.8 Å². The van der Waals surface area contributed by atoms with Gasteiger partial charge in [-0.05, 0) is 43.1 Å². The van der Waals surface area contributed by atoms with Crippen molar-refractivity contribution in [1.29, 1.82) is 0 Å². The summed E-state index contributed by atoms with van der Waals surface area (Å²) in [5.41, 5.74) is 4.84. The van der Waals surface area contributed by atoms with E-state index >= 15 is 0 Å². The average Bonchev–Trinajstić information content (AvgIpc) is 2.45. The maximum absolute atomic E-state index is 4.69. The van der Waals surface area contributed by atoms with Crippen LogP contribution in [0.3, 0.4) is 0 Å². The van der Waals surface area contributed by atoms with Gasteiger partial charge in [-0.3, -0.25) is 0 Å². The van der Waals surface area contributed by atoms with E-state index in [0.29, 0.717) is 5.92 Å². The van der Waals surface area contributed by atoms with Gasteiger partial charge in [0.15, 0.2) is 0 Å². The number of likely N-dealkylation sites (N-methyl/N-ethyl adjacent to an activating group) is 1. The minimum atomic E-state index is 0.528. The Balaban J connectivity index is 2.37. The van der Waals surface area contributed by atoms with Crippen LogP contribution in [-0.2, 0) is 6.42 Å². The van der Waals surface area contributed by atoms with Gasteiger partial charge in [0.05, 0.1) is 5.69 Å². The summed E-state index contributed by atoms with van der Waals surface area (Å²) in [5, 5.41) is 3.13. The summed E-state index contributed by atoms with van der Waals surface area (Å²) in [5.74, 6) is 1.42. The molecule has 2 aromatic rings. The van der Waals surface area contributed by atoms with Crippen LogP contribution in [0.15, 0.2) is 30.5 Å². The van der Waals surface area contributed by atoms with Crippen molar-refractivity contribution in [3.63, 3.8) is 0 Å². The van der Waals surface area contributed by atoms with Crippen LogP contribution in [0.4, 0.5) is 0 Å². The molecule has 0 amide bonds. The van der Waals surface area contributed by atoms with E-state index in [-0.39, 0.29) is 0 Å². The second-order valence-corrected chi connectivity index (χ2v) is 5.44. The molecule has 0 aliphatic heterocycles. The average molecular weight is 269 g/mol. The van der Waals surface area contributed by atoms with Crippen LogP contribution in [0.1, 0.15) is 36.7 Å². The Morgan fingerprint density at radius 2 is 2.00 bits per heavy atom. The minimum Gasteiger partial charge on any atom is -0.319 e. The number of hydrogen-bond donors (Lipinski definition) is 1. The number of aryl methyl sites for hydroxylation is 1. The van der Waals surface area contributed by atoms with Crippen molar-refractivity contribution in [3.05, 3.63) is 47.4 Å². The molecule has 1 heterocycles. The summed E-state index contributed by atoms with van der Waals surface area (Å²) < 4.78 is 0. The highest BCUT2D eigenvalue weighted by Crippen LogP contribution is 2.26. The minimum absolute atomic E-state index is 0.528. The van der Waals surface area contributed by atoms with Crippen molar-refractivity contribution < 1.29 is 0 Å². The first-order chi connectivity index (χ1) is 9.61. The fourth-order valence-corrected chi connectivity index (χ4v) is 2.18. The molecule has 0 fully saturated rings. The number of hydrogen-bond acceptors (Lipinski definition) is 3. The monoisotopic (exact) mass is 269 g/mol. The molecule has 0 atom stereocenters. The van der Waals surface area contributed by atoms with Crippen LogP contribution in [0.25, 0.3) is 11.3 Å². The molecule has 0 saturated carbocycles. The van der Waals surface area contributed by atoms with Crippen molar-refractivity contribution in [1.82, 2.24) is 15.3 Å². The van der Waals surface area contributed by atoms with E-state index in [2.05, 4.69) is 49.3 Å². The molecule has 0 unspecified atom stereocenters. The fourth-order valence-electron chi connectivity index (χ4n) is 2.18. The van der Waals surface area contributed by atoms with E-state index in [4.69, 9.17) is 4.98 Å². The third-order valence-corrected chi connectivity index (χ3v) is 3.51. The Kier molecular flexibility index (Phi) is 4.85. The molecule has 0 aliphatic carbocycles. The van der Waals surface area contributed by atoms with Crippen molar-refractivity contribution in [2.24, 2.45) is 0 Å². The van der Waals surface area contributed by atoms with E-state index in [1.54, 1.807) is 0 Å². The molecular formula is C17H23N3. The molecular weight excluding hydrogens is 246 g/mol. The van der Waals surface area contributed by atoms with Crippen LogP contribution >= 0.6 is 0 Å². The maximum Gasteiger partial charge on any atom is 0.130 e. The highest BCUT2D eigenvalue weighted by molar-refractivity contribution is 5.64. The third kappa shape index (κ3) is 3.42. The number of benzene rings is 1. The smallest absolute Gasteiger partial charge is 0.130 e. The lowest BCUT2D eigenvalue weighted by atomic mass is 9.96. The quantitative estimate of drug-likeness (QED) is 0.904. The summed E-state index contributed by atoms with van der Waals surface area (Å²) in [6.07, 6.45) is 2.71. The standard InChI is InChI=1S/C17H23N3/c1-12(2)14-6-5-13(3)15(11-14)16-7-10-19-17(20-16)8-9-18-4/h5-7,10-12,18H,8-9H2,1-4H3. The lowest BCUT2D eigenvalue weighted by Crippen LogP contribution is -2.12. The Hall–Kier alpha value is -1.74. The van der Waals surface area contributed by atoms with Gasteiger partial charge in [-0.15, -0.1) is 0 Å². The lowest BCUT2D eigenvalue weighted by Gasteiger charge is -2.11. The molecule has 3 heteroatoms. The Morgan fingerprint density at radius 3 is 2.70 bits per heavy atom. The second-order valence-electron chi connectivity index (χ2n) is 5.44. The van der Waals surface area contributed by atoms with E-state index in [0.717, 1.165) is 24.5 Å². The van der Waals surface area contributed by atoms with Gasteiger partial charge < -0.3 is 5.32 Å². The fraction of sp³-hybridized carbons (Fsp3) is 0.412. The Morgan fingerprint density at radius 1 is 1.20 bits per heavy atom.